The highest BCUT2D eigenvalue weighted by Gasteiger charge is 2.18. The second-order valence-corrected chi connectivity index (χ2v) is 5.94. The van der Waals surface area contributed by atoms with Gasteiger partial charge in [-0.2, -0.15) is 0 Å². The number of thiocarbonyl (C=S) groups is 1. The van der Waals surface area contributed by atoms with E-state index in [1.807, 2.05) is 18.2 Å². The average Bonchev–Trinajstić information content (AvgIpc) is 2.38. The highest BCUT2D eigenvalue weighted by molar-refractivity contribution is 7.80. The van der Waals surface area contributed by atoms with Crippen molar-refractivity contribution in [1.29, 1.82) is 0 Å². The van der Waals surface area contributed by atoms with Crippen molar-refractivity contribution in [2.45, 2.75) is 25.3 Å². The first kappa shape index (κ1) is 14.6. The number of benzene rings is 1. The van der Waals surface area contributed by atoms with Gasteiger partial charge in [-0.15, -0.1) is 0 Å². The molecule has 0 aliphatic carbocycles. The van der Waals surface area contributed by atoms with Gasteiger partial charge in [0.15, 0.2) is 0 Å². The van der Waals surface area contributed by atoms with Crippen molar-refractivity contribution in [3.8, 4) is 0 Å². The van der Waals surface area contributed by atoms with Gasteiger partial charge in [0.25, 0.3) is 0 Å². The molecule has 0 radical (unpaired) electrons. The Balaban J connectivity index is 2.04. The summed E-state index contributed by atoms with van der Waals surface area (Å²) in [6.07, 6.45) is 3.84. The summed E-state index contributed by atoms with van der Waals surface area (Å²) in [5.74, 6) is 0. The Labute approximate surface area is 125 Å². The Bertz CT molecular complexity index is 464. The van der Waals surface area contributed by atoms with Gasteiger partial charge in [0.05, 0.1) is 0 Å². The summed E-state index contributed by atoms with van der Waals surface area (Å²) in [6, 6.07) is 6.19. The Morgan fingerprint density at radius 3 is 3.00 bits per heavy atom. The fraction of sp³-hybridized carbons (Fsp3) is 0.500. The van der Waals surface area contributed by atoms with Gasteiger partial charge in [-0.1, -0.05) is 30.2 Å². The predicted molar refractivity (Wildman–Crippen MR) is 86.1 cm³/mol. The minimum atomic E-state index is 0.377. The number of likely N-dealkylation sites (N-methyl/N-ethyl adjacent to an activating group) is 1. The Hall–Kier alpha value is -0.840. The van der Waals surface area contributed by atoms with Gasteiger partial charge in [-0.25, -0.2) is 0 Å². The summed E-state index contributed by atoms with van der Waals surface area (Å²) in [4.78, 5) is 2.79. The van der Waals surface area contributed by atoms with Crippen molar-refractivity contribution in [1.82, 2.24) is 4.90 Å². The molecule has 1 aliphatic rings. The number of nitrogens with two attached hydrogens (primary N) is 1. The highest BCUT2D eigenvalue weighted by atomic mass is 35.5. The molecule has 104 valence electrons. The van der Waals surface area contributed by atoms with E-state index in [1.165, 1.54) is 25.8 Å². The average molecular weight is 298 g/mol. The lowest BCUT2D eigenvalue weighted by atomic mass is 10.0. The van der Waals surface area contributed by atoms with Gasteiger partial charge in [0.2, 0.25) is 0 Å². The fourth-order valence-electron chi connectivity index (χ4n) is 2.50. The van der Waals surface area contributed by atoms with E-state index in [4.69, 9.17) is 29.6 Å². The molecular formula is C14H20ClN3S. The maximum Gasteiger partial charge on any atom is 0.106 e. The number of piperidine rings is 1. The molecule has 3 N–H and O–H groups in total. The number of halogens is 1. The van der Waals surface area contributed by atoms with Gasteiger partial charge in [0.1, 0.15) is 4.99 Å². The number of likely N-dealkylation sites (tertiary alicyclic amines) is 1. The second kappa shape index (κ2) is 6.55. The minimum Gasteiger partial charge on any atom is -0.389 e. The van der Waals surface area contributed by atoms with Gasteiger partial charge >= 0.3 is 0 Å². The van der Waals surface area contributed by atoms with Crippen molar-refractivity contribution in [2.24, 2.45) is 5.73 Å². The molecule has 3 nitrogen and oxygen atoms in total. The van der Waals surface area contributed by atoms with Crippen LogP contribution in [0.15, 0.2) is 18.2 Å². The zero-order valence-electron chi connectivity index (χ0n) is 11.2. The van der Waals surface area contributed by atoms with Crippen LogP contribution in [-0.2, 0) is 0 Å². The predicted octanol–water partition coefficient (Wildman–Crippen LogP) is 2.87. The van der Waals surface area contributed by atoms with Crippen molar-refractivity contribution in [2.75, 3.05) is 25.5 Å². The first-order valence-corrected chi connectivity index (χ1v) is 7.40. The molecule has 19 heavy (non-hydrogen) atoms. The van der Waals surface area contributed by atoms with Crippen LogP contribution in [0.2, 0.25) is 5.02 Å². The van der Waals surface area contributed by atoms with Gasteiger partial charge in [0, 0.05) is 28.9 Å². The van der Waals surface area contributed by atoms with E-state index < -0.39 is 0 Å². The van der Waals surface area contributed by atoms with Gasteiger partial charge < -0.3 is 16.0 Å². The molecule has 0 aromatic heterocycles. The number of nitrogens with zero attached hydrogens (tertiary/aromatic N) is 1. The highest BCUT2D eigenvalue weighted by Crippen LogP contribution is 2.22. The summed E-state index contributed by atoms with van der Waals surface area (Å²) in [5.41, 5.74) is 7.53. The van der Waals surface area contributed by atoms with Crippen molar-refractivity contribution in [3.63, 3.8) is 0 Å². The summed E-state index contributed by atoms with van der Waals surface area (Å²) >= 11 is 11.1. The molecular weight excluding hydrogens is 278 g/mol. The topological polar surface area (TPSA) is 41.3 Å². The van der Waals surface area contributed by atoms with Crippen LogP contribution in [0.25, 0.3) is 0 Å². The third-order valence-corrected chi connectivity index (χ3v) is 4.15. The van der Waals surface area contributed by atoms with Crippen LogP contribution in [0.4, 0.5) is 5.69 Å². The zero-order chi connectivity index (χ0) is 13.8. The molecule has 1 unspecified atom stereocenters. The third-order valence-electron chi connectivity index (χ3n) is 3.70. The van der Waals surface area contributed by atoms with E-state index in [9.17, 15) is 0 Å². The van der Waals surface area contributed by atoms with E-state index >= 15 is 0 Å². The first-order chi connectivity index (χ1) is 9.08. The quantitative estimate of drug-likeness (QED) is 0.839. The number of hydrogen-bond donors (Lipinski definition) is 2. The Morgan fingerprint density at radius 2 is 2.32 bits per heavy atom. The van der Waals surface area contributed by atoms with E-state index in [-0.39, 0.29) is 0 Å². The third kappa shape index (κ3) is 3.81. The molecule has 1 fully saturated rings. The molecule has 1 saturated heterocycles. The normalized spacial score (nSPS) is 20.2. The lowest BCUT2D eigenvalue weighted by Crippen LogP contribution is -2.40. The van der Waals surface area contributed by atoms with Crippen LogP contribution in [0.5, 0.6) is 0 Å². The summed E-state index contributed by atoms with van der Waals surface area (Å²) < 4.78 is 0. The van der Waals surface area contributed by atoms with E-state index in [1.54, 1.807) is 0 Å². The smallest absolute Gasteiger partial charge is 0.106 e. The molecule has 1 atom stereocenters. The SMILES string of the molecule is CN1CCCCC1CNc1ccc(Cl)cc1C(N)=S. The van der Waals surface area contributed by atoms with Crippen LogP contribution in [0, 0.1) is 0 Å². The van der Waals surface area contributed by atoms with Crippen molar-refractivity contribution in [3.05, 3.63) is 28.8 Å². The molecule has 0 bridgehead atoms. The number of hydrogen-bond acceptors (Lipinski definition) is 3. The molecule has 0 saturated carbocycles. The number of rotatable bonds is 4. The van der Waals surface area contributed by atoms with Crippen molar-refractivity contribution >= 4 is 34.5 Å². The van der Waals surface area contributed by atoms with E-state index in [2.05, 4.69) is 17.3 Å². The Morgan fingerprint density at radius 1 is 1.53 bits per heavy atom. The monoisotopic (exact) mass is 297 g/mol. The summed E-state index contributed by atoms with van der Waals surface area (Å²) in [7, 11) is 2.18. The number of nitrogens with one attached hydrogen (secondary N) is 1. The molecule has 1 aromatic carbocycles. The molecule has 2 rings (SSSR count). The van der Waals surface area contributed by atoms with E-state index in [0.717, 1.165) is 17.8 Å². The molecule has 5 heteroatoms. The Kier molecular flexibility index (Phi) is 5.02. The van der Waals surface area contributed by atoms with Crippen LogP contribution in [0.1, 0.15) is 24.8 Å². The lowest BCUT2D eigenvalue weighted by Gasteiger charge is -2.33. The van der Waals surface area contributed by atoms with Crippen LogP contribution in [-0.4, -0.2) is 36.1 Å². The molecule has 0 spiro atoms. The zero-order valence-corrected chi connectivity index (χ0v) is 12.7. The van der Waals surface area contributed by atoms with Crippen LogP contribution in [0.3, 0.4) is 0 Å². The lowest BCUT2D eigenvalue weighted by molar-refractivity contribution is 0.194. The van der Waals surface area contributed by atoms with E-state index in [0.29, 0.717) is 16.1 Å². The minimum absolute atomic E-state index is 0.377. The summed E-state index contributed by atoms with van der Waals surface area (Å²) in [5, 5.41) is 4.11. The van der Waals surface area contributed by atoms with Crippen molar-refractivity contribution < 1.29 is 0 Å². The molecule has 1 aromatic rings. The first-order valence-electron chi connectivity index (χ1n) is 6.61. The van der Waals surface area contributed by atoms with Gasteiger partial charge in [-0.3, -0.25) is 0 Å². The number of anilines is 1. The maximum atomic E-state index is 5.98. The van der Waals surface area contributed by atoms with Gasteiger partial charge in [-0.05, 0) is 44.6 Å². The standard InChI is InChI=1S/C14H20ClN3S/c1-18-7-3-2-4-11(18)9-17-13-6-5-10(15)8-12(13)14(16)19/h5-6,8,11,17H,2-4,7,9H2,1H3,(H2,16,19). The molecule has 0 amide bonds. The van der Waals surface area contributed by atoms with Crippen LogP contribution >= 0.6 is 23.8 Å². The molecule has 1 aliphatic heterocycles. The largest absolute Gasteiger partial charge is 0.389 e. The molecule has 1 heterocycles. The summed E-state index contributed by atoms with van der Waals surface area (Å²) in [6.45, 7) is 2.09. The van der Waals surface area contributed by atoms with Crippen LogP contribution < -0.4 is 11.1 Å². The fourth-order valence-corrected chi connectivity index (χ4v) is 2.85. The maximum absolute atomic E-state index is 5.98. The second-order valence-electron chi connectivity index (χ2n) is 5.07.